The number of aliphatic carboxylic acids is 1. The first-order valence-electron chi connectivity index (χ1n) is 6.83. The lowest BCUT2D eigenvalue weighted by molar-refractivity contribution is -0.148. The van der Waals surface area contributed by atoms with Crippen LogP contribution < -0.4 is 5.32 Å². The molecule has 5 heteroatoms. The van der Waals surface area contributed by atoms with Crippen molar-refractivity contribution in [2.45, 2.75) is 32.2 Å². The number of hydrogen-bond acceptors (Lipinski definition) is 2. The van der Waals surface area contributed by atoms with Gasteiger partial charge in [0.2, 0.25) is 5.91 Å². The Labute approximate surface area is 117 Å². The highest BCUT2D eigenvalue weighted by Crippen LogP contribution is 2.30. The number of carbonyl (C=O) groups excluding carboxylic acids is 1. The summed E-state index contributed by atoms with van der Waals surface area (Å²) in [6.07, 6.45) is 2.92. The summed E-state index contributed by atoms with van der Waals surface area (Å²) in [7, 11) is 0. The van der Waals surface area contributed by atoms with Gasteiger partial charge in [0, 0.05) is 6.54 Å². The molecule has 0 radical (unpaired) electrons. The molecule has 4 nitrogen and oxygen atoms in total. The van der Waals surface area contributed by atoms with Crippen LogP contribution in [0, 0.1) is 17.7 Å². The van der Waals surface area contributed by atoms with Gasteiger partial charge in [0.05, 0.1) is 11.8 Å². The summed E-state index contributed by atoms with van der Waals surface area (Å²) in [4.78, 5) is 23.3. The van der Waals surface area contributed by atoms with Gasteiger partial charge in [-0.3, -0.25) is 9.59 Å². The van der Waals surface area contributed by atoms with Crippen LogP contribution in [0.5, 0.6) is 0 Å². The molecule has 2 atom stereocenters. The standard InChI is InChI=1S/C15H18FNO3/c16-11-7-5-10(6-8-11)9-17-14(18)12-3-1-2-4-13(12)15(19)20/h5-8,12-13H,1-4,9H2,(H,17,18)(H,19,20)/t12-,13+/m0/s1. The van der Waals surface area contributed by atoms with Crippen LogP contribution in [-0.4, -0.2) is 17.0 Å². The number of carboxylic acid groups (broad SMARTS) is 1. The molecular weight excluding hydrogens is 261 g/mol. The first-order valence-corrected chi connectivity index (χ1v) is 6.83. The van der Waals surface area contributed by atoms with Crippen molar-refractivity contribution in [3.05, 3.63) is 35.6 Å². The van der Waals surface area contributed by atoms with Crippen molar-refractivity contribution in [1.82, 2.24) is 5.32 Å². The second kappa shape index (κ2) is 6.50. The number of carbonyl (C=O) groups is 2. The monoisotopic (exact) mass is 279 g/mol. The minimum atomic E-state index is -0.897. The van der Waals surface area contributed by atoms with E-state index in [2.05, 4.69) is 5.32 Å². The van der Waals surface area contributed by atoms with Gasteiger partial charge in [-0.2, -0.15) is 0 Å². The van der Waals surface area contributed by atoms with E-state index in [1.165, 1.54) is 12.1 Å². The van der Waals surface area contributed by atoms with E-state index in [1.807, 2.05) is 0 Å². The van der Waals surface area contributed by atoms with Crippen molar-refractivity contribution in [3.8, 4) is 0 Å². The smallest absolute Gasteiger partial charge is 0.307 e. The zero-order valence-electron chi connectivity index (χ0n) is 11.1. The molecule has 1 saturated carbocycles. The van der Waals surface area contributed by atoms with Crippen molar-refractivity contribution in [3.63, 3.8) is 0 Å². The van der Waals surface area contributed by atoms with Gasteiger partial charge >= 0.3 is 5.97 Å². The quantitative estimate of drug-likeness (QED) is 0.889. The molecule has 0 aliphatic heterocycles. The summed E-state index contributed by atoms with van der Waals surface area (Å²) in [5, 5.41) is 11.9. The van der Waals surface area contributed by atoms with E-state index in [-0.39, 0.29) is 11.7 Å². The summed E-state index contributed by atoms with van der Waals surface area (Å²) in [6.45, 7) is 0.294. The molecule has 1 aromatic rings. The van der Waals surface area contributed by atoms with Gasteiger partial charge in [-0.15, -0.1) is 0 Å². The molecule has 0 saturated heterocycles. The van der Waals surface area contributed by atoms with Gasteiger partial charge in [0.1, 0.15) is 5.82 Å². The molecule has 0 heterocycles. The molecule has 1 aliphatic rings. The Hall–Kier alpha value is -1.91. The van der Waals surface area contributed by atoms with Crippen LogP contribution in [0.25, 0.3) is 0 Å². The molecule has 20 heavy (non-hydrogen) atoms. The van der Waals surface area contributed by atoms with Crippen molar-refractivity contribution >= 4 is 11.9 Å². The maximum atomic E-state index is 12.8. The molecule has 2 rings (SSSR count). The highest BCUT2D eigenvalue weighted by Gasteiger charge is 2.35. The summed E-state index contributed by atoms with van der Waals surface area (Å²) < 4.78 is 12.8. The van der Waals surface area contributed by atoms with Crippen molar-refractivity contribution in [2.75, 3.05) is 0 Å². The number of halogens is 1. The molecule has 0 spiro atoms. The molecule has 1 amide bonds. The Balaban J connectivity index is 1.93. The van der Waals surface area contributed by atoms with Gasteiger partial charge in [-0.05, 0) is 30.5 Å². The lowest BCUT2D eigenvalue weighted by atomic mass is 9.78. The van der Waals surface area contributed by atoms with Crippen molar-refractivity contribution in [1.29, 1.82) is 0 Å². The third-order valence-corrected chi connectivity index (χ3v) is 3.80. The third-order valence-electron chi connectivity index (χ3n) is 3.80. The molecule has 2 N–H and O–H groups in total. The van der Waals surface area contributed by atoms with Crippen LogP contribution in [0.2, 0.25) is 0 Å². The third kappa shape index (κ3) is 3.56. The first-order chi connectivity index (χ1) is 9.58. The summed E-state index contributed by atoms with van der Waals surface area (Å²) >= 11 is 0. The first kappa shape index (κ1) is 14.5. The van der Waals surface area contributed by atoms with Crippen molar-refractivity contribution in [2.24, 2.45) is 11.8 Å². The zero-order valence-corrected chi connectivity index (χ0v) is 11.1. The molecule has 0 aromatic heterocycles. The van der Waals surface area contributed by atoms with Crippen molar-refractivity contribution < 1.29 is 19.1 Å². The van der Waals surface area contributed by atoms with Crippen LogP contribution >= 0.6 is 0 Å². The van der Waals surface area contributed by atoms with Crippen LogP contribution in [0.4, 0.5) is 4.39 Å². The molecular formula is C15H18FNO3. The molecule has 1 aromatic carbocycles. The minimum Gasteiger partial charge on any atom is -0.481 e. The zero-order chi connectivity index (χ0) is 14.5. The number of benzene rings is 1. The Bertz CT molecular complexity index is 486. The van der Waals surface area contributed by atoms with Gasteiger partial charge in [0.15, 0.2) is 0 Å². The second-order valence-corrected chi connectivity index (χ2v) is 5.18. The molecule has 108 valence electrons. The SMILES string of the molecule is O=C(NCc1ccc(F)cc1)[C@H]1CCCC[C@H]1C(=O)O. The average molecular weight is 279 g/mol. The Morgan fingerprint density at radius 2 is 1.75 bits per heavy atom. The van der Waals surface area contributed by atoms with Gasteiger partial charge < -0.3 is 10.4 Å². The highest BCUT2D eigenvalue weighted by molar-refractivity contribution is 5.84. The lowest BCUT2D eigenvalue weighted by Gasteiger charge is -2.27. The predicted octanol–water partition coefficient (Wildman–Crippen LogP) is 2.33. The topological polar surface area (TPSA) is 66.4 Å². The number of amides is 1. The van der Waals surface area contributed by atoms with Crippen LogP contribution in [0.3, 0.4) is 0 Å². The van der Waals surface area contributed by atoms with E-state index in [1.54, 1.807) is 12.1 Å². The fourth-order valence-electron chi connectivity index (χ4n) is 2.66. The van der Waals surface area contributed by atoms with Gasteiger partial charge in [-0.25, -0.2) is 4.39 Å². The number of hydrogen-bond donors (Lipinski definition) is 2. The molecule has 1 fully saturated rings. The number of nitrogens with one attached hydrogen (secondary N) is 1. The fourth-order valence-corrected chi connectivity index (χ4v) is 2.66. The summed E-state index contributed by atoms with van der Waals surface area (Å²) in [5.41, 5.74) is 0.794. The maximum absolute atomic E-state index is 12.8. The van der Waals surface area contributed by atoms with E-state index < -0.39 is 17.8 Å². The van der Waals surface area contributed by atoms with Gasteiger partial charge in [-0.1, -0.05) is 25.0 Å². The van der Waals surface area contributed by atoms with Gasteiger partial charge in [0.25, 0.3) is 0 Å². The van der Waals surface area contributed by atoms with E-state index in [4.69, 9.17) is 5.11 Å². The fraction of sp³-hybridized carbons (Fsp3) is 0.467. The minimum absolute atomic E-state index is 0.221. The summed E-state index contributed by atoms with van der Waals surface area (Å²) in [6, 6.07) is 5.88. The predicted molar refractivity (Wildman–Crippen MR) is 71.3 cm³/mol. The van der Waals surface area contributed by atoms with E-state index in [9.17, 15) is 14.0 Å². The molecule has 0 unspecified atom stereocenters. The van der Waals surface area contributed by atoms with Crippen LogP contribution in [0.15, 0.2) is 24.3 Å². The lowest BCUT2D eigenvalue weighted by Crippen LogP contribution is -2.39. The molecule has 0 bridgehead atoms. The Morgan fingerprint density at radius 1 is 1.15 bits per heavy atom. The van der Waals surface area contributed by atoms with E-state index in [0.717, 1.165) is 18.4 Å². The highest BCUT2D eigenvalue weighted by atomic mass is 19.1. The Morgan fingerprint density at radius 3 is 2.35 bits per heavy atom. The Kier molecular flexibility index (Phi) is 4.71. The normalized spacial score (nSPS) is 22.2. The van der Waals surface area contributed by atoms with Crippen LogP contribution in [0.1, 0.15) is 31.2 Å². The van der Waals surface area contributed by atoms with E-state index >= 15 is 0 Å². The summed E-state index contributed by atoms with van der Waals surface area (Å²) in [5.74, 6) is -2.48. The average Bonchev–Trinajstić information content (AvgIpc) is 2.46. The largest absolute Gasteiger partial charge is 0.481 e. The molecule has 1 aliphatic carbocycles. The number of carboxylic acids is 1. The second-order valence-electron chi connectivity index (χ2n) is 5.18. The maximum Gasteiger partial charge on any atom is 0.307 e. The number of rotatable bonds is 4. The van der Waals surface area contributed by atoms with E-state index in [0.29, 0.717) is 19.4 Å². The van der Waals surface area contributed by atoms with Crippen LogP contribution in [-0.2, 0) is 16.1 Å².